The van der Waals surface area contributed by atoms with E-state index in [-0.39, 0.29) is 19.0 Å². The predicted molar refractivity (Wildman–Crippen MR) is 68.0 cm³/mol. The molecule has 0 aromatic carbocycles. The molecule has 0 radical (unpaired) electrons. The van der Waals surface area contributed by atoms with Crippen molar-refractivity contribution in [3.8, 4) is 0 Å². The molecule has 1 aromatic rings. The monoisotopic (exact) mass is 282 g/mol. The van der Waals surface area contributed by atoms with Crippen molar-refractivity contribution in [2.75, 3.05) is 6.54 Å². The van der Waals surface area contributed by atoms with Gasteiger partial charge in [0.2, 0.25) is 0 Å². The van der Waals surface area contributed by atoms with E-state index in [1.54, 1.807) is 31.6 Å². The maximum atomic E-state index is 12.1. The number of carboxylic acids is 1. The molecule has 110 valence electrons. The molecule has 1 saturated heterocycles. The summed E-state index contributed by atoms with van der Waals surface area (Å²) in [5, 5.41) is 16.8. The molecule has 2 rings (SSSR count). The van der Waals surface area contributed by atoms with Gasteiger partial charge in [0.05, 0.1) is 12.2 Å². The lowest BCUT2D eigenvalue weighted by molar-refractivity contribution is -0.142. The number of carbonyl (C=O) groups excluding carboxylic acids is 1. The van der Waals surface area contributed by atoms with E-state index >= 15 is 0 Å². The van der Waals surface area contributed by atoms with Gasteiger partial charge in [-0.2, -0.15) is 0 Å². The van der Waals surface area contributed by atoms with E-state index in [0.717, 1.165) is 0 Å². The van der Waals surface area contributed by atoms with E-state index in [4.69, 9.17) is 4.74 Å². The van der Waals surface area contributed by atoms with Gasteiger partial charge in [-0.05, 0) is 20.8 Å². The van der Waals surface area contributed by atoms with Gasteiger partial charge in [-0.1, -0.05) is 5.21 Å². The van der Waals surface area contributed by atoms with E-state index in [1.165, 1.54) is 11.1 Å². The zero-order chi connectivity index (χ0) is 14.9. The van der Waals surface area contributed by atoms with Crippen LogP contribution in [-0.2, 0) is 9.53 Å². The molecule has 1 aromatic heterocycles. The summed E-state index contributed by atoms with van der Waals surface area (Å²) in [6.07, 6.45) is 2.85. The van der Waals surface area contributed by atoms with Crippen molar-refractivity contribution in [2.24, 2.45) is 0 Å². The summed E-state index contributed by atoms with van der Waals surface area (Å²) in [7, 11) is 0. The molecule has 8 nitrogen and oxygen atoms in total. The highest BCUT2D eigenvalue weighted by Crippen LogP contribution is 2.28. The third kappa shape index (κ3) is 3.06. The van der Waals surface area contributed by atoms with Crippen LogP contribution in [0.15, 0.2) is 12.4 Å². The summed E-state index contributed by atoms with van der Waals surface area (Å²) in [4.78, 5) is 24.6. The van der Waals surface area contributed by atoms with Crippen molar-refractivity contribution in [2.45, 2.75) is 44.9 Å². The van der Waals surface area contributed by atoms with Gasteiger partial charge in [0.15, 0.2) is 0 Å². The van der Waals surface area contributed by atoms with E-state index < -0.39 is 23.7 Å². The van der Waals surface area contributed by atoms with Gasteiger partial charge in [0, 0.05) is 19.2 Å². The summed E-state index contributed by atoms with van der Waals surface area (Å²) >= 11 is 0. The van der Waals surface area contributed by atoms with Gasteiger partial charge < -0.3 is 9.84 Å². The number of carbonyl (C=O) groups is 2. The molecule has 2 atom stereocenters. The van der Waals surface area contributed by atoms with Crippen molar-refractivity contribution in [3.05, 3.63) is 12.4 Å². The maximum absolute atomic E-state index is 12.1. The van der Waals surface area contributed by atoms with Crippen LogP contribution in [0.4, 0.5) is 4.79 Å². The van der Waals surface area contributed by atoms with Crippen molar-refractivity contribution in [1.82, 2.24) is 19.9 Å². The first-order chi connectivity index (χ1) is 9.28. The molecule has 1 N–H and O–H groups in total. The molecule has 0 unspecified atom stereocenters. The van der Waals surface area contributed by atoms with Crippen LogP contribution in [0.2, 0.25) is 0 Å². The number of carboxylic acid groups (broad SMARTS) is 1. The first-order valence-corrected chi connectivity index (χ1v) is 6.36. The summed E-state index contributed by atoms with van der Waals surface area (Å²) in [6, 6.07) is -1.11. The quantitative estimate of drug-likeness (QED) is 0.866. The summed E-state index contributed by atoms with van der Waals surface area (Å²) < 4.78 is 6.82. The first-order valence-electron chi connectivity index (χ1n) is 6.36. The standard InChI is InChI=1S/C12H18N4O4/c1-12(2,3)20-11(19)15-7-8(6-9(15)10(17)18)16-5-4-13-14-16/h4-5,8-9H,6-7H2,1-3H3,(H,17,18)/t8-,9-/m0/s1. The minimum atomic E-state index is -1.04. The molecular weight excluding hydrogens is 264 g/mol. The van der Waals surface area contributed by atoms with Crippen LogP contribution >= 0.6 is 0 Å². The number of nitrogens with zero attached hydrogens (tertiary/aromatic N) is 4. The molecule has 0 saturated carbocycles. The van der Waals surface area contributed by atoms with Gasteiger partial charge in [0.1, 0.15) is 11.6 Å². The third-order valence-electron chi connectivity index (χ3n) is 3.01. The summed E-state index contributed by atoms with van der Waals surface area (Å²) in [5.74, 6) is -1.04. The summed E-state index contributed by atoms with van der Waals surface area (Å²) in [6.45, 7) is 5.47. The highest BCUT2D eigenvalue weighted by Gasteiger charge is 2.42. The van der Waals surface area contributed by atoms with Gasteiger partial charge in [-0.15, -0.1) is 5.10 Å². The molecule has 1 aliphatic rings. The average Bonchev–Trinajstić information content (AvgIpc) is 2.95. The fourth-order valence-corrected chi connectivity index (χ4v) is 2.17. The molecule has 8 heteroatoms. The maximum Gasteiger partial charge on any atom is 0.411 e. The zero-order valence-electron chi connectivity index (χ0n) is 11.7. The van der Waals surface area contributed by atoms with Crippen LogP contribution in [0.1, 0.15) is 33.2 Å². The Morgan fingerprint density at radius 3 is 2.60 bits per heavy atom. The Bertz CT molecular complexity index is 494. The molecule has 1 fully saturated rings. The Balaban J connectivity index is 2.14. The molecule has 2 heterocycles. The minimum Gasteiger partial charge on any atom is -0.480 e. The minimum absolute atomic E-state index is 0.203. The lowest BCUT2D eigenvalue weighted by Crippen LogP contribution is -2.43. The Morgan fingerprint density at radius 2 is 2.10 bits per heavy atom. The van der Waals surface area contributed by atoms with E-state index in [2.05, 4.69) is 10.3 Å². The number of ether oxygens (including phenoxy) is 1. The third-order valence-corrected chi connectivity index (χ3v) is 3.01. The molecule has 1 aliphatic heterocycles. The van der Waals surface area contributed by atoms with Crippen LogP contribution in [0, 0.1) is 0 Å². The fraction of sp³-hybridized carbons (Fsp3) is 0.667. The Hall–Kier alpha value is -2.12. The Kier molecular flexibility index (Phi) is 3.65. The van der Waals surface area contributed by atoms with Gasteiger partial charge in [-0.25, -0.2) is 14.3 Å². The molecule has 1 amide bonds. The molecule has 0 spiro atoms. The Morgan fingerprint density at radius 1 is 1.40 bits per heavy atom. The lowest BCUT2D eigenvalue weighted by Gasteiger charge is -2.26. The summed E-state index contributed by atoms with van der Waals surface area (Å²) in [5.41, 5.74) is -0.661. The SMILES string of the molecule is CC(C)(C)OC(=O)N1C[C@@H](n2ccnn2)C[C@H]1C(=O)O. The molecule has 20 heavy (non-hydrogen) atoms. The smallest absolute Gasteiger partial charge is 0.411 e. The van der Waals surface area contributed by atoms with Crippen molar-refractivity contribution >= 4 is 12.1 Å². The van der Waals surface area contributed by atoms with Crippen molar-refractivity contribution in [1.29, 1.82) is 0 Å². The fourth-order valence-electron chi connectivity index (χ4n) is 2.17. The number of amides is 1. The van der Waals surface area contributed by atoms with E-state index in [9.17, 15) is 14.7 Å². The Labute approximate surface area is 116 Å². The highest BCUT2D eigenvalue weighted by atomic mass is 16.6. The topological polar surface area (TPSA) is 97.5 Å². The molecule has 0 bridgehead atoms. The van der Waals surface area contributed by atoms with Crippen LogP contribution < -0.4 is 0 Å². The number of aromatic nitrogens is 3. The second-order valence-electron chi connectivity index (χ2n) is 5.76. The van der Waals surface area contributed by atoms with Crippen LogP contribution in [-0.4, -0.2) is 55.3 Å². The number of rotatable bonds is 2. The highest BCUT2D eigenvalue weighted by molar-refractivity contribution is 5.81. The molecule has 0 aliphatic carbocycles. The first kappa shape index (κ1) is 14.3. The van der Waals surface area contributed by atoms with Gasteiger partial charge in [0.25, 0.3) is 0 Å². The second-order valence-corrected chi connectivity index (χ2v) is 5.76. The number of likely N-dealkylation sites (tertiary alicyclic amines) is 1. The zero-order valence-corrected chi connectivity index (χ0v) is 11.7. The number of hydrogen-bond acceptors (Lipinski definition) is 5. The average molecular weight is 282 g/mol. The van der Waals surface area contributed by atoms with Crippen LogP contribution in [0.5, 0.6) is 0 Å². The van der Waals surface area contributed by atoms with Crippen molar-refractivity contribution in [3.63, 3.8) is 0 Å². The van der Waals surface area contributed by atoms with E-state index in [1.807, 2.05) is 0 Å². The van der Waals surface area contributed by atoms with Gasteiger partial charge >= 0.3 is 12.1 Å². The van der Waals surface area contributed by atoms with Crippen LogP contribution in [0.3, 0.4) is 0 Å². The number of hydrogen-bond donors (Lipinski definition) is 1. The lowest BCUT2D eigenvalue weighted by atomic mass is 10.2. The largest absolute Gasteiger partial charge is 0.480 e. The van der Waals surface area contributed by atoms with Gasteiger partial charge in [-0.3, -0.25) is 4.90 Å². The molecular formula is C12H18N4O4. The van der Waals surface area contributed by atoms with Crippen molar-refractivity contribution < 1.29 is 19.4 Å². The number of aliphatic carboxylic acids is 1. The normalized spacial score (nSPS) is 22.9. The second kappa shape index (κ2) is 5.10. The van der Waals surface area contributed by atoms with Crippen LogP contribution in [0.25, 0.3) is 0 Å². The predicted octanol–water partition coefficient (Wildman–Crippen LogP) is 0.913. The van der Waals surface area contributed by atoms with E-state index in [0.29, 0.717) is 0 Å².